The summed E-state index contributed by atoms with van der Waals surface area (Å²) in [6.45, 7) is 3.37. The average molecular weight is 352 g/mol. The van der Waals surface area contributed by atoms with E-state index < -0.39 is 21.8 Å². The van der Waals surface area contributed by atoms with Crippen LogP contribution in [0, 0.1) is 6.92 Å². The highest BCUT2D eigenvalue weighted by Crippen LogP contribution is 2.24. The Morgan fingerprint density at radius 2 is 1.92 bits per heavy atom. The second kappa shape index (κ2) is 5.56. The first-order valence-electron chi connectivity index (χ1n) is 7.09. The fourth-order valence-electron chi connectivity index (χ4n) is 2.35. The van der Waals surface area contributed by atoms with Gasteiger partial charge in [-0.2, -0.15) is 0 Å². The first-order valence-corrected chi connectivity index (χ1v) is 8.53. The van der Waals surface area contributed by atoms with Crippen LogP contribution >= 0.6 is 0 Å². The predicted octanol–water partition coefficient (Wildman–Crippen LogP) is 1.15. The molecule has 24 heavy (non-hydrogen) atoms. The SMILES string of the molecule is Cc1nnc(C(C)n2c(=O)oc3cc(S(=O)(=O)N(C)C)ccc32)o1. The summed E-state index contributed by atoms with van der Waals surface area (Å²) in [6.07, 6.45) is 0. The van der Waals surface area contributed by atoms with E-state index in [9.17, 15) is 13.2 Å². The standard InChI is InChI=1S/C14H16N4O5S/c1-8(13-16-15-9(2)22-13)18-11-6-5-10(24(20,21)17(3)4)7-12(11)23-14(18)19/h5-8H,1-4H3. The third-order valence-corrected chi connectivity index (χ3v) is 5.46. The van der Waals surface area contributed by atoms with Gasteiger partial charge in [-0.1, -0.05) is 0 Å². The number of fused-ring (bicyclic) bond motifs is 1. The molecule has 1 aromatic carbocycles. The Hall–Kier alpha value is -2.46. The lowest BCUT2D eigenvalue weighted by molar-refractivity contribution is 0.396. The number of benzene rings is 1. The van der Waals surface area contributed by atoms with Crippen LogP contribution in [-0.4, -0.2) is 41.6 Å². The van der Waals surface area contributed by atoms with Crippen molar-refractivity contribution >= 4 is 21.1 Å². The van der Waals surface area contributed by atoms with Crippen LogP contribution in [0.2, 0.25) is 0 Å². The molecule has 0 aliphatic carbocycles. The van der Waals surface area contributed by atoms with Gasteiger partial charge in [-0.05, 0) is 19.1 Å². The molecule has 0 saturated heterocycles. The van der Waals surface area contributed by atoms with Gasteiger partial charge in [0.05, 0.1) is 10.4 Å². The van der Waals surface area contributed by atoms with Crippen molar-refractivity contribution in [3.8, 4) is 0 Å². The fourth-order valence-corrected chi connectivity index (χ4v) is 3.26. The molecule has 9 nitrogen and oxygen atoms in total. The van der Waals surface area contributed by atoms with Crippen LogP contribution in [0.3, 0.4) is 0 Å². The zero-order valence-electron chi connectivity index (χ0n) is 13.5. The topological polar surface area (TPSA) is 111 Å². The van der Waals surface area contributed by atoms with Crippen LogP contribution in [0.15, 0.2) is 36.7 Å². The molecule has 0 N–H and O–H groups in total. The highest BCUT2D eigenvalue weighted by molar-refractivity contribution is 7.89. The lowest BCUT2D eigenvalue weighted by atomic mass is 10.3. The van der Waals surface area contributed by atoms with E-state index in [1.165, 1.54) is 36.9 Å². The molecule has 0 fully saturated rings. The van der Waals surface area contributed by atoms with Gasteiger partial charge in [0, 0.05) is 27.1 Å². The summed E-state index contributed by atoms with van der Waals surface area (Å²) < 4.78 is 37.4. The molecule has 3 rings (SSSR count). The molecule has 0 saturated carbocycles. The number of sulfonamides is 1. The molecule has 1 unspecified atom stereocenters. The largest absolute Gasteiger partial charge is 0.423 e. The zero-order valence-corrected chi connectivity index (χ0v) is 14.4. The maximum absolute atomic E-state index is 12.2. The van der Waals surface area contributed by atoms with Crippen molar-refractivity contribution in [2.75, 3.05) is 14.1 Å². The maximum atomic E-state index is 12.2. The lowest BCUT2D eigenvalue weighted by Gasteiger charge is -2.11. The smallest absolute Gasteiger partial charge is 0.420 e. The van der Waals surface area contributed by atoms with Gasteiger partial charge in [0.15, 0.2) is 5.58 Å². The molecule has 128 valence electrons. The van der Waals surface area contributed by atoms with Crippen LogP contribution in [0.5, 0.6) is 0 Å². The molecular weight excluding hydrogens is 336 g/mol. The average Bonchev–Trinajstić information content (AvgIpc) is 3.08. The van der Waals surface area contributed by atoms with Gasteiger partial charge >= 0.3 is 5.76 Å². The molecule has 2 aromatic heterocycles. The van der Waals surface area contributed by atoms with Gasteiger partial charge in [-0.3, -0.25) is 4.57 Å². The van der Waals surface area contributed by atoms with Crippen LogP contribution in [0.4, 0.5) is 0 Å². The van der Waals surface area contributed by atoms with Crippen molar-refractivity contribution in [3.63, 3.8) is 0 Å². The third-order valence-electron chi connectivity index (χ3n) is 3.65. The van der Waals surface area contributed by atoms with Crippen molar-refractivity contribution in [1.82, 2.24) is 19.1 Å². The Labute approximate surface area is 137 Å². The monoisotopic (exact) mass is 352 g/mol. The summed E-state index contributed by atoms with van der Waals surface area (Å²) >= 11 is 0. The van der Waals surface area contributed by atoms with Crippen LogP contribution in [-0.2, 0) is 10.0 Å². The van der Waals surface area contributed by atoms with E-state index in [1.807, 2.05) is 0 Å². The Balaban J connectivity index is 2.15. The summed E-state index contributed by atoms with van der Waals surface area (Å²) in [5.41, 5.74) is 0.618. The molecule has 0 amide bonds. The van der Waals surface area contributed by atoms with Gasteiger partial charge < -0.3 is 8.83 Å². The molecule has 3 aromatic rings. The fraction of sp³-hybridized carbons (Fsp3) is 0.357. The minimum Gasteiger partial charge on any atom is -0.423 e. The summed E-state index contributed by atoms with van der Waals surface area (Å²) in [5.74, 6) is 0.0205. The van der Waals surface area contributed by atoms with E-state index in [0.29, 0.717) is 11.4 Å². The van der Waals surface area contributed by atoms with E-state index in [2.05, 4.69) is 10.2 Å². The summed E-state index contributed by atoms with van der Waals surface area (Å²) in [6, 6.07) is 3.73. The number of hydrogen-bond donors (Lipinski definition) is 0. The molecule has 0 aliphatic rings. The minimum atomic E-state index is -3.62. The lowest BCUT2D eigenvalue weighted by Crippen LogP contribution is -2.22. The summed E-state index contributed by atoms with van der Waals surface area (Å²) in [4.78, 5) is 12.2. The number of hydrogen-bond acceptors (Lipinski definition) is 7. The predicted molar refractivity (Wildman–Crippen MR) is 84.2 cm³/mol. The van der Waals surface area contributed by atoms with Crippen molar-refractivity contribution in [1.29, 1.82) is 0 Å². The number of aromatic nitrogens is 3. The Morgan fingerprint density at radius 1 is 1.21 bits per heavy atom. The van der Waals surface area contributed by atoms with Gasteiger partial charge in [0.2, 0.25) is 21.8 Å². The molecule has 0 radical (unpaired) electrons. The summed E-state index contributed by atoms with van der Waals surface area (Å²) in [5, 5.41) is 7.65. The van der Waals surface area contributed by atoms with Crippen LogP contribution in [0.25, 0.3) is 11.1 Å². The van der Waals surface area contributed by atoms with Crippen molar-refractivity contribution < 1.29 is 17.3 Å². The number of aryl methyl sites for hydroxylation is 1. The molecule has 0 aliphatic heterocycles. The molecule has 0 spiro atoms. The normalized spacial score (nSPS) is 13.7. The second-order valence-electron chi connectivity index (χ2n) is 5.49. The van der Waals surface area contributed by atoms with Gasteiger partial charge in [0.1, 0.15) is 6.04 Å². The van der Waals surface area contributed by atoms with Crippen molar-refractivity contribution in [3.05, 3.63) is 40.5 Å². The Kier molecular flexibility index (Phi) is 3.80. The van der Waals surface area contributed by atoms with E-state index >= 15 is 0 Å². The molecule has 0 bridgehead atoms. The number of nitrogens with zero attached hydrogens (tertiary/aromatic N) is 4. The minimum absolute atomic E-state index is 0.0437. The van der Waals surface area contributed by atoms with Crippen LogP contribution < -0.4 is 5.76 Å². The van der Waals surface area contributed by atoms with E-state index in [4.69, 9.17) is 8.83 Å². The number of rotatable bonds is 4. The maximum Gasteiger partial charge on any atom is 0.420 e. The van der Waals surface area contributed by atoms with Crippen molar-refractivity contribution in [2.24, 2.45) is 0 Å². The first kappa shape index (κ1) is 16.4. The van der Waals surface area contributed by atoms with E-state index in [1.54, 1.807) is 13.8 Å². The Bertz CT molecular complexity index is 1060. The molecule has 2 heterocycles. The van der Waals surface area contributed by atoms with Gasteiger partial charge in [-0.25, -0.2) is 17.5 Å². The van der Waals surface area contributed by atoms with Crippen LogP contribution in [0.1, 0.15) is 24.7 Å². The number of oxazole rings is 1. The first-order chi connectivity index (χ1) is 11.2. The molecule has 10 heteroatoms. The van der Waals surface area contributed by atoms with Crippen molar-refractivity contribution in [2.45, 2.75) is 24.8 Å². The molecule has 1 atom stereocenters. The zero-order chi connectivity index (χ0) is 17.6. The quantitative estimate of drug-likeness (QED) is 0.692. The molecular formula is C14H16N4O5S. The van der Waals surface area contributed by atoms with E-state index in [-0.39, 0.29) is 16.4 Å². The highest BCUT2D eigenvalue weighted by Gasteiger charge is 2.23. The van der Waals surface area contributed by atoms with E-state index in [0.717, 1.165) is 4.31 Å². The Morgan fingerprint density at radius 3 is 2.50 bits per heavy atom. The van der Waals surface area contributed by atoms with Gasteiger partial charge in [0.25, 0.3) is 0 Å². The second-order valence-corrected chi connectivity index (χ2v) is 7.64. The highest BCUT2D eigenvalue weighted by atomic mass is 32.2. The van der Waals surface area contributed by atoms with Gasteiger partial charge in [-0.15, -0.1) is 10.2 Å². The summed E-state index contributed by atoms with van der Waals surface area (Å²) in [7, 11) is -0.757. The third kappa shape index (κ3) is 2.53.